The standard InChI is InChI=1S/C17H26N2O2/c1-12-3-4-14(13(2)11-12)5-8-19-17(20)16(18)15-6-9-21-10-7-15/h3-4,11,15-16H,5-10,18H2,1-2H3,(H,19,20). The average Bonchev–Trinajstić information content (AvgIpc) is 2.49. The number of hydrogen-bond donors (Lipinski definition) is 2. The molecule has 0 spiro atoms. The van der Waals surface area contributed by atoms with E-state index in [9.17, 15) is 4.79 Å². The molecule has 4 nitrogen and oxygen atoms in total. The van der Waals surface area contributed by atoms with Gasteiger partial charge < -0.3 is 15.8 Å². The number of nitrogens with two attached hydrogens (primary N) is 1. The number of carbonyl (C=O) groups excluding carboxylic acids is 1. The van der Waals surface area contributed by atoms with Gasteiger partial charge in [-0.3, -0.25) is 4.79 Å². The van der Waals surface area contributed by atoms with Crippen LogP contribution in [0.4, 0.5) is 0 Å². The summed E-state index contributed by atoms with van der Waals surface area (Å²) in [5.74, 6) is 0.214. The molecule has 1 aromatic rings. The van der Waals surface area contributed by atoms with Crippen LogP contribution in [0.15, 0.2) is 18.2 Å². The van der Waals surface area contributed by atoms with Gasteiger partial charge in [0.2, 0.25) is 5.91 Å². The Bertz CT molecular complexity index is 482. The zero-order valence-corrected chi connectivity index (χ0v) is 13.0. The number of hydrogen-bond acceptors (Lipinski definition) is 3. The van der Waals surface area contributed by atoms with Crippen molar-refractivity contribution in [1.82, 2.24) is 5.32 Å². The molecule has 116 valence electrons. The second-order valence-corrected chi connectivity index (χ2v) is 5.95. The Morgan fingerprint density at radius 3 is 2.76 bits per heavy atom. The first-order valence-electron chi connectivity index (χ1n) is 7.75. The quantitative estimate of drug-likeness (QED) is 0.868. The number of amides is 1. The molecule has 1 heterocycles. The third kappa shape index (κ3) is 4.55. The molecule has 1 amide bonds. The van der Waals surface area contributed by atoms with E-state index in [0.717, 1.165) is 19.3 Å². The van der Waals surface area contributed by atoms with Crippen molar-refractivity contribution in [2.75, 3.05) is 19.8 Å². The highest BCUT2D eigenvalue weighted by Gasteiger charge is 2.26. The first-order valence-corrected chi connectivity index (χ1v) is 7.75. The van der Waals surface area contributed by atoms with Crippen molar-refractivity contribution in [3.8, 4) is 0 Å². The van der Waals surface area contributed by atoms with E-state index in [1.807, 2.05) is 0 Å². The van der Waals surface area contributed by atoms with Crippen molar-refractivity contribution in [2.24, 2.45) is 11.7 Å². The summed E-state index contributed by atoms with van der Waals surface area (Å²) in [4.78, 5) is 12.1. The van der Waals surface area contributed by atoms with Gasteiger partial charge in [-0.05, 0) is 50.2 Å². The molecule has 2 rings (SSSR count). The fourth-order valence-corrected chi connectivity index (χ4v) is 2.85. The molecule has 21 heavy (non-hydrogen) atoms. The lowest BCUT2D eigenvalue weighted by atomic mass is 9.92. The van der Waals surface area contributed by atoms with Crippen LogP contribution in [0.2, 0.25) is 0 Å². The Hall–Kier alpha value is -1.39. The topological polar surface area (TPSA) is 64.4 Å². The van der Waals surface area contributed by atoms with E-state index in [2.05, 4.69) is 37.4 Å². The van der Waals surface area contributed by atoms with E-state index in [-0.39, 0.29) is 11.8 Å². The summed E-state index contributed by atoms with van der Waals surface area (Å²) in [6.45, 7) is 6.27. The molecule has 1 aliphatic heterocycles. The number of rotatable bonds is 5. The van der Waals surface area contributed by atoms with Crippen molar-refractivity contribution in [1.29, 1.82) is 0 Å². The lowest BCUT2D eigenvalue weighted by Crippen LogP contribution is -2.47. The first-order chi connectivity index (χ1) is 10.1. The summed E-state index contributed by atoms with van der Waals surface area (Å²) in [7, 11) is 0. The molecule has 1 unspecified atom stereocenters. The minimum atomic E-state index is -0.409. The van der Waals surface area contributed by atoms with Gasteiger partial charge in [0.15, 0.2) is 0 Å². The third-order valence-corrected chi connectivity index (χ3v) is 4.27. The SMILES string of the molecule is Cc1ccc(CCNC(=O)C(N)C2CCOCC2)c(C)c1. The normalized spacial score (nSPS) is 17.5. The molecule has 4 heteroatoms. The van der Waals surface area contributed by atoms with E-state index in [4.69, 9.17) is 10.5 Å². The van der Waals surface area contributed by atoms with Gasteiger partial charge >= 0.3 is 0 Å². The third-order valence-electron chi connectivity index (χ3n) is 4.27. The maximum Gasteiger partial charge on any atom is 0.237 e. The summed E-state index contributed by atoms with van der Waals surface area (Å²) in [6, 6.07) is 6.01. The lowest BCUT2D eigenvalue weighted by molar-refractivity contribution is -0.124. The number of ether oxygens (including phenoxy) is 1. The molecule has 1 saturated heterocycles. The Morgan fingerprint density at radius 2 is 2.10 bits per heavy atom. The Labute approximate surface area is 127 Å². The summed E-state index contributed by atoms with van der Waals surface area (Å²) in [5.41, 5.74) is 9.87. The number of carbonyl (C=O) groups is 1. The zero-order valence-electron chi connectivity index (χ0n) is 13.0. The molecule has 0 saturated carbocycles. The van der Waals surface area contributed by atoms with Gasteiger partial charge in [-0.25, -0.2) is 0 Å². The van der Waals surface area contributed by atoms with Gasteiger partial charge in [0.25, 0.3) is 0 Å². The summed E-state index contributed by atoms with van der Waals surface area (Å²) < 4.78 is 5.30. The lowest BCUT2D eigenvalue weighted by Gasteiger charge is -2.26. The highest BCUT2D eigenvalue weighted by Crippen LogP contribution is 2.17. The van der Waals surface area contributed by atoms with Crippen molar-refractivity contribution in [2.45, 2.75) is 39.2 Å². The molecule has 0 radical (unpaired) electrons. The molecule has 0 aromatic heterocycles. The van der Waals surface area contributed by atoms with Crippen LogP contribution >= 0.6 is 0 Å². The van der Waals surface area contributed by atoms with E-state index in [1.165, 1.54) is 16.7 Å². The van der Waals surface area contributed by atoms with Crippen LogP contribution in [-0.2, 0) is 16.0 Å². The zero-order chi connectivity index (χ0) is 15.2. The summed E-state index contributed by atoms with van der Waals surface area (Å²) >= 11 is 0. The van der Waals surface area contributed by atoms with Crippen LogP contribution in [0.3, 0.4) is 0 Å². The molecule has 1 aromatic carbocycles. The molecular formula is C17H26N2O2. The van der Waals surface area contributed by atoms with Gasteiger partial charge in [0, 0.05) is 19.8 Å². The van der Waals surface area contributed by atoms with E-state index in [0.29, 0.717) is 19.8 Å². The summed E-state index contributed by atoms with van der Waals surface area (Å²) in [5, 5.41) is 2.97. The molecule has 0 aliphatic carbocycles. The predicted octanol–water partition coefficient (Wildman–Crippen LogP) is 1.72. The molecule has 3 N–H and O–H groups in total. The fourth-order valence-electron chi connectivity index (χ4n) is 2.85. The van der Waals surface area contributed by atoms with E-state index >= 15 is 0 Å². The fraction of sp³-hybridized carbons (Fsp3) is 0.588. The number of nitrogens with one attached hydrogen (secondary N) is 1. The second-order valence-electron chi connectivity index (χ2n) is 5.95. The minimum absolute atomic E-state index is 0.0355. The van der Waals surface area contributed by atoms with Gasteiger partial charge in [-0.2, -0.15) is 0 Å². The number of aryl methyl sites for hydroxylation is 2. The molecular weight excluding hydrogens is 264 g/mol. The van der Waals surface area contributed by atoms with Gasteiger partial charge in [0.1, 0.15) is 0 Å². The van der Waals surface area contributed by atoms with E-state index < -0.39 is 6.04 Å². The second kappa shape index (κ2) is 7.57. The highest BCUT2D eigenvalue weighted by molar-refractivity contribution is 5.81. The maximum absolute atomic E-state index is 12.1. The van der Waals surface area contributed by atoms with Crippen LogP contribution < -0.4 is 11.1 Å². The molecule has 1 fully saturated rings. The van der Waals surface area contributed by atoms with Crippen LogP contribution in [0, 0.1) is 19.8 Å². The molecule has 0 bridgehead atoms. The smallest absolute Gasteiger partial charge is 0.237 e. The Kier molecular flexibility index (Phi) is 5.76. The Morgan fingerprint density at radius 1 is 1.38 bits per heavy atom. The van der Waals surface area contributed by atoms with Gasteiger partial charge in [-0.1, -0.05) is 23.8 Å². The molecule has 1 aliphatic rings. The monoisotopic (exact) mass is 290 g/mol. The highest BCUT2D eigenvalue weighted by atomic mass is 16.5. The molecule has 1 atom stereocenters. The first kappa shape index (κ1) is 16.0. The number of benzene rings is 1. The van der Waals surface area contributed by atoms with Crippen molar-refractivity contribution in [3.05, 3.63) is 34.9 Å². The average molecular weight is 290 g/mol. The Balaban J connectivity index is 1.78. The predicted molar refractivity (Wildman–Crippen MR) is 84.1 cm³/mol. The van der Waals surface area contributed by atoms with Crippen LogP contribution in [0.5, 0.6) is 0 Å². The van der Waals surface area contributed by atoms with Crippen molar-refractivity contribution in [3.63, 3.8) is 0 Å². The van der Waals surface area contributed by atoms with Crippen LogP contribution in [-0.4, -0.2) is 31.7 Å². The minimum Gasteiger partial charge on any atom is -0.381 e. The van der Waals surface area contributed by atoms with Crippen molar-refractivity contribution < 1.29 is 9.53 Å². The maximum atomic E-state index is 12.1. The van der Waals surface area contributed by atoms with Crippen LogP contribution in [0.1, 0.15) is 29.5 Å². The van der Waals surface area contributed by atoms with Gasteiger partial charge in [0.05, 0.1) is 6.04 Å². The summed E-state index contributed by atoms with van der Waals surface area (Å²) in [6.07, 6.45) is 2.61. The van der Waals surface area contributed by atoms with Crippen LogP contribution in [0.25, 0.3) is 0 Å². The van der Waals surface area contributed by atoms with Crippen molar-refractivity contribution >= 4 is 5.91 Å². The largest absolute Gasteiger partial charge is 0.381 e. The van der Waals surface area contributed by atoms with E-state index in [1.54, 1.807) is 0 Å². The van der Waals surface area contributed by atoms with Gasteiger partial charge in [-0.15, -0.1) is 0 Å².